The van der Waals surface area contributed by atoms with E-state index < -0.39 is 26.9 Å². The van der Waals surface area contributed by atoms with Crippen molar-refractivity contribution in [2.24, 2.45) is 0 Å². The molecular formula is C18H21N3O4S2. The molecule has 0 bridgehead atoms. The first-order valence-electron chi connectivity index (χ1n) is 8.74. The molecule has 2 heterocycles. The molecule has 0 spiro atoms. The molecule has 1 aliphatic carbocycles. The number of rotatable bonds is 6. The molecule has 7 nitrogen and oxygen atoms in total. The third-order valence-electron chi connectivity index (χ3n) is 4.55. The standard InChI is InChI=1S/C18H21N3O4S2/c22-17(18(23)21-14-6-1-2-7-14)20-12-15(13-5-3-9-19-11-13)27(24,25)16-8-4-10-26-16/h3-5,8-11,14-15H,1-2,6-7,12H2,(H,20,22)(H,21,23)/t15-/m0/s1. The lowest BCUT2D eigenvalue weighted by molar-refractivity contribution is -0.139. The van der Waals surface area contributed by atoms with E-state index in [1.165, 1.54) is 12.3 Å². The van der Waals surface area contributed by atoms with E-state index >= 15 is 0 Å². The number of aromatic nitrogens is 1. The maximum absolute atomic E-state index is 13.0. The summed E-state index contributed by atoms with van der Waals surface area (Å²) in [4.78, 5) is 28.2. The van der Waals surface area contributed by atoms with Crippen molar-refractivity contribution in [3.8, 4) is 0 Å². The molecule has 1 atom stereocenters. The smallest absolute Gasteiger partial charge is 0.309 e. The van der Waals surface area contributed by atoms with Crippen molar-refractivity contribution >= 4 is 33.0 Å². The summed E-state index contributed by atoms with van der Waals surface area (Å²) < 4.78 is 26.2. The van der Waals surface area contributed by atoms with Gasteiger partial charge < -0.3 is 10.6 Å². The fourth-order valence-corrected chi connectivity index (χ4v) is 5.97. The highest BCUT2D eigenvalue weighted by Crippen LogP contribution is 2.30. The van der Waals surface area contributed by atoms with E-state index in [0.717, 1.165) is 37.0 Å². The number of pyridine rings is 1. The van der Waals surface area contributed by atoms with Gasteiger partial charge in [0.1, 0.15) is 9.46 Å². The predicted molar refractivity (Wildman–Crippen MR) is 102 cm³/mol. The van der Waals surface area contributed by atoms with Crippen LogP contribution >= 0.6 is 11.3 Å². The van der Waals surface area contributed by atoms with Gasteiger partial charge in [0.15, 0.2) is 9.84 Å². The Morgan fingerprint density at radius 1 is 1.19 bits per heavy atom. The minimum absolute atomic E-state index is 0.0206. The largest absolute Gasteiger partial charge is 0.346 e. The van der Waals surface area contributed by atoms with Gasteiger partial charge in [-0.1, -0.05) is 25.0 Å². The van der Waals surface area contributed by atoms with Crippen LogP contribution in [-0.4, -0.2) is 37.8 Å². The molecule has 2 amide bonds. The molecule has 1 saturated carbocycles. The van der Waals surface area contributed by atoms with Crippen LogP contribution in [0.2, 0.25) is 0 Å². The molecule has 27 heavy (non-hydrogen) atoms. The number of sulfone groups is 1. The molecule has 0 radical (unpaired) electrons. The fraction of sp³-hybridized carbons (Fsp3) is 0.389. The molecule has 0 unspecified atom stereocenters. The highest BCUT2D eigenvalue weighted by molar-refractivity contribution is 7.93. The Hall–Kier alpha value is -2.26. The van der Waals surface area contributed by atoms with E-state index in [1.807, 2.05) is 0 Å². The number of nitrogens with zero attached hydrogens (tertiary/aromatic N) is 1. The van der Waals surface area contributed by atoms with Gasteiger partial charge in [0, 0.05) is 25.0 Å². The summed E-state index contributed by atoms with van der Waals surface area (Å²) in [6, 6.07) is 6.49. The average Bonchev–Trinajstić information content (AvgIpc) is 3.36. The highest BCUT2D eigenvalue weighted by atomic mass is 32.2. The fourth-order valence-electron chi connectivity index (χ4n) is 3.13. The van der Waals surface area contributed by atoms with Gasteiger partial charge in [-0.25, -0.2) is 8.42 Å². The van der Waals surface area contributed by atoms with Gasteiger partial charge >= 0.3 is 11.8 Å². The number of carbonyl (C=O) groups is 2. The molecule has 9 heteroatoms. The first-order valence-corrected chi connectivity index (χ1v) is 11.2. The lowest BCUT2D eigenvalue weighted by atomic mass is 10.2. The van der Waals surface area contributed by atoms with Crippen LogP contribution in [0.15, 0.2) is 46.2 Å². The van der Waals surface area contributed by atoms with Gasteiger partial charge in [-0.3, -0.25) is 14.6 Å². The van der Waals surface area contributed by atoms with Gasteiger partial charge in [0.05, 0.1) is 0 Å². The summed E-state index contributed by atoms with van der Waals surface area (Å²) in [5.41, 5.74) is 0.461. The second kappa shape index (κ2) is 8.62. The zero-order valence-corrected chi connectivity index (χ0v) is 16.3. The van der Waals surface area contributed by atoms with Crippen LogP contribution in [0.25, 0.3) is 0 Å². The Labute approximate surface area is 162 Å². The molecule has 1 aliphatic rings. The third kappa shape index (κ3) is 4.72. The van der Waals surface area contributed by atoms with Crippen LogP contribution in [-0.2, 0) is 19.4 Å². The lowest BCUT2D eigenvalue weighted by Crippen LogP contribution is -2.45. The summed E-state index contributed by atoms with van der Waals surface area (Å²) in [5, 5.41) is 5.83. The molecule has 2 aromatic heterocycles. The van der Waals surface area contributed by atoms with Crippen molar-refractivity contribution < 1.29 is 18.0 Å². The van der Waals surface area contributed by atoms with Crippen LogP contribution in [0.4, 0.5) is 0 Å². The quantitative estimate of drug-likeness (QED) is 0.711. The minimum atomic E-state index is -3.72. The zero-order valence-electron chi connectivity index (χ0n) is 14.6. The van der Waals surface area contributed by atoms with Crippen molar-refractivity contribution in [2.75, 3.05) is 6.54 Å². The maximum Gasteiger partial charge on any atom is 0.309 e. The van der Waals surface area contributed by atoms with Gasteiger partial charge in [-0.15, -0.1) is 11.3 Å². The number of carbonyl (C=O) groups excluding carboxylic acids is 2. The number of thiophene rings is 1. The van der Waals surface area contributed by atoms with Crippen LogP contribution in [0, 0.1) is 0 Å². The summed E-state index contributed by atoms with van der Waals surface area (Å²) in [6.07, 6.45) is 6.81. The van der Waals surface area contributed by atoms with E-state index in [4.69, 9.17) is 0 Å². The van der Waals surface area contributed by atoms with Crippen molar-refractivity contribution in [1.29, 1.82) is 0 Å². The first-order chi connectivity index (χ1) is 13.0. The number of hydrogen-bond acceptors (Lipinski definition) is 6. The Kier molecular flexibility index (Phi) is 6.22. The SMILES string of the molecule is O=C(NC[C@@H](c1cccnc1)S(=O)(=O)c1cccs1)C(=O)NC1CCCC1. The van der Waals surface area contributed by atoms with Crippen LogP contribution in [0.1, 0.15) is 36.5 Å². The predicted octanol–water partition coefficient (Wildman–Crippen LogP) is 1.83. The van der Waals surface area contributed by atoms with Crippen molar-refractivity contribution in [3.63, 3.8) is 0 Å². The van der Waals surface area contributed by atoms with Crippen LogP contribution in [0.3, 0.4) is 0 Å². The van der Waals surface area contributed by atoms with E-state index in [2.05, 4.69) is 15.6 Å². The van der Waals surface area contributed by atoms with E-state index in [-0.39, 0.29) is 16.8 Å². The zero-order chi connectivity index (χ0) is 19.3. The van der Waals surface area contributed by atoms with Crippen molar-refractivity contribution in [2.45, 2.75) is 41.2 Å². The molecule has 3 rings (SSSR count). The normalized spacial score (nSPS) is 16.0. The molecule has 144 valence electrons. The van der Waals surface area contributed by atoms with Gasteiger partial charge in [-0.2, -0.15) is 0 Å². The Morgan fingerprint density at radius 3 is 2.59 bits per heavy atom. The topological polar surface area (TPSA) is 105 Å². The lowest BCUT2D eigenvalue weighted by Gasteiger charge is -2.18. The second-order valence-corrected chi connectivity index (χ2v) is 9.72. The van der Waals surface area contributed by atoms with Gasteiger partial charge in [0.25, 0.3) is 0 Å². The maximum atomic E-state index is 13.0. The number of amides is 2. The summed E-state index contributed by atoms with van der Waals surface area (Å²) in [6.45, 7) is -0.206. The number of nitrogens with one attached hydrogen (secondary N) is 2. The van der Waals surface area contributed by atoms with Gasteiger partial charge in [-0.05, 0) is 35.9 Å². The van der Waals surface area contributed by atoms with E-state index in [1.54, 1.807) is 29.8 Å². The molecule has 0 aromatic carbocycles. The molecule has 2 N–H and O–H groups in total. The average molecular weight is 408 g/mol. The number of hydrogen-bond donors (Lipinski definition) is 2. The molecule has 1 fully saturated rings. The monoisotopic (exact) mass is 407 g/mol. The summed E-state index contributed by atoms with van der Waals surface area (Å²) >= 11 is 1.11. The van der Waals surface area contributed by atoms with Crippen LogP contribution in [0.5, 0.6) is 0 Å². The highest BCUT2D eigenvalue weighted by Gasteiger charge is 2.31. The Balaban J connectivity index is 1.72. The van der Waals surface area contributed by atoms with Crippen molar-refractivity contribution in [3.05, 3.63) is 47.6 Å². The summed E-state index contributed by atoms with van der Waals surface area (Å²) in [5.74, 6) is -1.54. The molecule has 0 saturated heterocycles. The summed E-state index contributed by atoms with van der Waals surface area (Å²) in [7, 11) is -3.72. The molecule has 0 aliphatic heterocycles. The Bertz CT molecular complexity index is 877. The minimum Gasteiger partial charge on any atom is -0.346 e. The Morgan fingerprint density at radius 2 is 1.96 bits per heavy atom. The van der Waals surface area contributed by atoms with E-state index in [9.17, 15) is 18.0 Å². The third-order valence-corrected chi connectivity index (χ3v) is 8.08. The second-order valence-electron chi connectivity index (χ2n) is 6.42. The van der Waals surface area contributed by atoms with E-state index in [0.29, 0.717) is 5.56 Å². The first kappa shape index (κ1) is 19.5. The van der Waals surface area contributed by atoms with Crippen molar-refractivity contribution in [1.82, 2.24) is 15.6 Å². The molecular weight excluding hydrogens is 386 g/mol. The molecule has 2 aromatic rings. The van der Waals surface area contributed by atoms with Gasteiger partial charge in [0.2, 0.25) is 0 Å². The van der Waals surface area contributed by atoms with Crippen LogP contribution < -0.4 is 10.6 Å².